The van der Waals surface area contributed by atoms with Gasteiger partial charge in [-0.2, -0.15) is 5.10 Å². The third kappa shape index (κ3) is 5.93. The van der Waals surface area contributed by atoms with Crippen LogP contribution in [0.25, 0.3) is 22.5 Å². The van der Waals surface area contributed by atoms with E-state index < -0.39 is 0 Å². The molecule has 206 valence electrons. The first-order valence-corrected chi connectivity index (χ1v) is 13.9. The van der Waals surface area contributed by atoms with Crippen LogP contribution in [0.1, 0.15) is 38.3 Å². The summed E-state index contributed by atoms with van der Waals surface area (Å²) in [6, 6.07) is 14.3. The van der Waals surface area contributed by atoms with Crippen molar-refractivity contribution in [3.05, 3.63) is 53.6 Å². The lowest BCUT2D eigenvalue weighted by Crippen LogP contribution is -2.33. The zero-order valence-electron chi connectivity index (χ0n) is 23.0. The predicted octanol–water partition coefficient (Wildman–Crippen LogP) is 4.41. The highest BCUT2D eigenvalue weighted by Gasteiger charge is 2.33. The lowest BCUT2D eigenvalue weighted by atomic mass is 9.99. The van der Waals surface area contributed by atoms with Crippen LogP contribution >= 0.6 is 0 Å². The van der Waals surface area contributed by atoms with E-state index in [9.17, 15) is 9.59 Å². The van der Waals surface area contributed by atoms with Crippen LogP contribution in [0.5, 0.6) is 5.75 Å². The third-order valence-corrected chi connectivity index (χ3v) is 7.56. The van der Waals surface area contributed by atoms with Crippen molar-refractivity contribution >= 4 is 17.7 Å². The highest BCUT2D eigenvalue weighted by atomic mass is 16.6. The Morgan fingerprint density at radius 1 is 1.18 bits per heavy atom. The number of ether oxygens (including phenoxy) is 2. The van der Waals surface area contributed by atoms with E-state index in [1.54, 1.807) is 4.90 Å². The number of benzene rings is 2. The van der Waals surface area contributed by atoms with Crippen LogP contribution in [0.2, 0.25) is 0 Å². The van der Waals surface area contributed by atoms with Crippen LogP contribution in [-0.4, -0.2) is 72.5 Å². The van der Waals surface area contributed by atoms with E-state index in [0.717, 1.165) is 72.8 Å². The van der Waals surface area contributed by atoms with Gasteiger partial charge in [0.2, 0.25) is 5.91 Å². The normalized spacial score (nSPS) is 16.5. The van der Waals surface area contributed by atoms with Crippen molar-refractivity contribution in [2.24, 2.45) is 0 Å². The minimum atomic E-state index is -0.385. The van der Waals surface area contributed by atoms with Gasteiger partial charge in [0, 0.05) is 35.8 Å². The quantitative estimate of drug-likeness (QED) is 0.402. The van der Waals surface area contributed by atoms with Crippen molar-refractivity contribution in [3.8, 4) is 28.3 Å². The summed E-state index contributed by atoms with van der Waals surface area (Å²) in [6.07, 6.45) is 2.06. The van der Waals surface area contributed by atoms with Gasteiger partial charge in [-0.05, 0) is 74.3 Å². The molecule has 1 atom stereocenters. The number of aromatic amines is 1. The van der Waals surface area contributed by atoms with E-state index in [2.05, 4.69) is 53.4 Å². The Hall–Kier alpha value is -3.85. The second-order valence-corrected chi connectivity index (χ2v) is 10.1. The molecule has 0 radical (unpaired) electrons. The number of aromatic nitrogens is 2. The largest absolute Gasteiger partial charge is 0.492 e. The summed E-state index contributed by atoms with van der Waals surface area (Å²) in [5, 5.41) is 10.7. The topological polar surface area (TPSA) is 99.8 Å². The summed E-state index contributed by atoms with van der Waals surface area (Å²) in [6.45, 7) is 10.1. The molecule has 2 heterocycles. The number of nitrogens with one attached hydrogen (secondary N) is 2. The smallest absolute Gasteiger partial charge is 0.414 e. The molecule has 0 spiro atoms. The van der Waals surface area contributed by atoms with Crippen LogP contribution < -0.4 is 15.0 Å². The number of H-pyrrole nitrogens is 1. The molecule has 2 aliphatic rings. The number of anilines is 1. The molecule has 1 aliphatic carbocycles. The van der Waals surface area contributed by atoms with Crippen molar-refractivity contribution in [2.45, 2.75) is 46.1 Å². The number of rotatable bonds is 10. The average Bonchev–Trinajstić information content (AvgIpc) is 3.48. The third-order valence-electron chi connectivity index (χ3n) is 7.56. The van der Waals surface area contributed by atoms with Gasteiger partial charge >= 0.3 is 6.09 Å². The molecule has 2 amide bonds. The van der Waals surface area contributed by atoms with Crippen molar-refractivity contribution < 1.29 is 19.1 Å². The fourth-order valence-corrected chi connectivity index (χ4v) is 5.36. The molecular weight excluding hydrogens is 494 g/mol. The van der Waals surface area contributed by atoms with Crippen molar-refractivity contribution in [1.29, 1.82) is 0 Å². The van der Waals surface area contributed by atoms with Gasteiger partial charge in [-0.25, -0.2) is 4.79 Å². The lowest BCUT2D eigenvalue weighted by Gasteiger charge is -2.18. The molecule has 9 nitrogen and oxygen atoms in total. The molecule has 2 aromatic carbocycles. The van der Waals surface area contributed by atoms with Crippen LogP contribution in [0.3, 0.4) is 0 Å². The summed E-state index contributed by atoms with van der Waals surface area (Å²) in [7, 11) is 0. The monoisotopic (exact) mass is 531 g/mol. The standard InChI is InChI=1S/C30H37N5O4/c1-4-34(5-2)15-16-38-24-12-9-21(10-13-24)28-27-8-6-7-22-17-23(11-14-26(22)29(27)33-32-28)35-19-25(39-30(35)37)18-31-20(3)36/h9-14,17,25H,4-8,15-16,18-19H2,1-3H3,(H,31,36)(H,32,33). The first kappa shape index (κ1) is 26.7. The molecule has 9 heteroatoms. The number of carbonyl (C=O) groups excluding carboxylic acids is 2. The molecule has 5 rings (SSSR count). The van der Waals surface area contributed by atoms with Crippen molar-refractivity contribution in [2.75, 3.05) is 44.2 Å². The second kappa shape index (κ2) is 11.9. The number of carbonyl (C=O) groups is 2. The molecule has 1 aromatic heterocycles. The molecule has 0 saturated carbocycles. The maximum absolute atomic E-state index is 12.5. The van der Waals surface area contributed by atoms with Crippen molar-refractivity contribution in [3.63, 3.8) is 0 Å². The fraction of sp³-hybridized carbons (Fsp3) is 0.433. The summed E-state index contributed by atoms with van der Waals surface area (Å²) in [4.78, 5) is 27.7. The molecule has 1 unspecified atom stereocenters. The summed E-state index contributed by atoms with van der Waals surface area (Å²) in [5.74, 6) is 0.726. The lowest BCUT2D eigenvalue weighted by molar-refractivity contribution is -0.119. The molecule has 1 saturated heterocycles. The Kier molecular flexibility index (Phi) is 8.16. The van der Waals surface area contributed by atoms with Gasteiger partial charge in [-0.3, -0.25) is 14.8 Å². The summed E-state index contributed by atoms with van der Waals surface area (Å²) < 4.78 is 11.4. The predicted molar refractivity (Wildman–Crippen MR) is 151 cm³/mol. The van der Waals surface area contributed by atoms with Gasteiger partial charge in [0.05, 0.1) is 24.5 Å². The SMILES string of the molecule is CCN(CC)CCOc1ccc(-c2n[nH]c3c2CCCc2cc(N4CC(CNC(C)=O)OC4=O)ccc2-3)cc1. The molecule has 1 fully saturated rings. The van der Waals surface area contributed by atoms with Crippen LogP contribution in [-0.2, 0) is 22.4 Å². The number of fused-ring (bicyclic) bond motifs is 3. The minimum absolute atomic E-state index is 0.139. The Bertz CT molecular complexity index is 1320. The van der Waals surface area contributed by atoms with Gasteiger partial charge in [-0.15, -0.1) is 0 Å². The Morgan fingerprint density at radius 3 is 2.72 bits per heavy atom. The maximum Gasteiger partial charge on any atom is 0.414 e. The number of hydrogen-bond donors (Lipinski definition) is 2. The summed E-state index contributed by atoms with van der Waals surface area (Å²) in [5.41, 5.74) is 7.39. The number of aryl methyl sites for hydroxylation is 1. The number of amides is 2. The molecule has 1 aliphatic heterocycles. The minimum Gasteiger partial charge on any atom is -0.492 e. The summed E-state index contributed by atoms with van der Waals surface area (Å²) >= 11 is 0. The Balaban J connectivity index is 1.31. The van der Waals surface area contributed by atoms with Gasteiger partial charge in [0.15, 0.2) is 0 Å². The number of cyclic esters (lactones) is 1. The molecule has 39 heavy (non-hydrogen) atoms. The Labute approximate surface area is 229 Å². The average molecular weight is 532 g/mol. The first-order valence-electron chi connectivity index (χ1n) is 13.9. The van der Waals surface area contributed by atoms with Crippen LogP contribution in [0.15, 0.2) is 42.5 Å². The first-order chi connectivity index (χ1) is 19.0. The highest BCUT2D eigenvalue weighted by Crippen LogP contribution is 2.38. The zero-order valence-corrected chi connectivity index (χ0v) is 23.0. The van der Waals surface area contributed by atoms with E-state index in [4.69, 9.17) is 14.6 Å². The Morgan fingerprint density at radius 2 is 1.97 bits per heavy atom. The molecule has 3 aromatic rings. The van der Waals surface area contributed by atoms with Gasteiger partial charge < -0.3 is 19.7 Å². The fourth-order valence-electron chi connectivity index (χ4n) is 5.36. The molecule has 0 bridgehead atoms. The van der Waals surface area contributed by atoms with Crippen LogP contribution in [0.4, 0.5) is 10.5 Å². The van der Waals surface area contributed by atoms with E-state index in [1.807, 2.05) is 18.2 Å². The molecular formula is C30H37N5O4. The van der Waals surface area contributed by atoms with Gasteiger partial charge in [0.1, 0.15) is 18.5 Å². The number of likely N-dealkylation sites (N-methyl/N-ethyl adjacent to an activating group) is 1. The zero-order chi connectivity index (χ0) is 27.4. The second-order valence-electron chi connectivity index (χ2n) is 10.1. The van der Waals surface area contributed by atoms with E-state index in [-0.39, 0.29) is 18.1 Å². The van der Waals surface area contributed by atoms with E-state index in [1.165, 1.54) is 18.1 Å². The highest BCUT2D eigenvalue weighted by molar-refractivity contribution is 5.91. The number of nitrogens with zero attached hydrogens (tertiary/aromatic N) is 3. The van der Waals surface area contributed by atoms with Crippen LogP contribution in [0, 0.1) is 0 Å². The van der Waals surface area contributed by atoms with Gasteiger partial charge in [0.25, 0.3) is 0 Å². The van der Waals surface area contributed by atoms with E-state index >= 15 is 0 Å². The maximum atomic E-state index is 12.5. The number of hydrogen-bond acceptors (Lipinski definition) is 6. The molecule has 2 N–H and O–H groups in total. The van der Waals surface area contributed by atoms with Crippen molar-refractivity contribution in [1.82, 2.24) is 20.4 Å². The van der Waals surface area contributed by atoms with E-state index in [0.29, 0.717) is 19.7 Å². The van der Waals surface area contributed by atoms with Gasteiger partial charge in [-0.1, -0.05) is 19.9 Å².